The Balaban J connectivity index is 2.11. The highest BCUT2D eigenvalue weighted by Gasteiger charge is 2.33. The molecular weight excluding hydrogens is 290 g/mol. The Morgan fingerprint density at radius 3 is 2.94 bits per heavy atom. The van der Waals surface area contributed by atoms with Crippen LogP contribution in [0.2, 0.25) is 0 Å². The molecule has 0 aromatic heterocycles. The smallest absolute Gasteiger partial charge is 0.0957 e. The zero-order valence-corrected chi connectivity index (χ0v) is 13.0. The molecule has 1 heterocycles. The molecule has 1 aromatic rings. The van der Waals surface area contributed by atoms with Crippen LogP contribution in [0.5, 0.6) is 0 Å². The highest BCUT2D eigenvalue weighted by Crippen LogP contribution is 2.32. The summed E-state index contributed by atoms with van der Waals surface area (Å²) in [6, 6.07) is 8.40. The third kappa shape index (κ3) is 3.56. The molecule has 0 saturated carbocycles. The number of nitrogens with one attached hydrogen (secondary N) is 1. The minimum Gasteiger partial charge on any atom is -0.365 e. The van der Waals surface area contributed by atoms with Gasteiger partial charge in [-0.25, -0.2) is 0 Å². The van der Waals surface area contributed by atoms with Crippen molar-refractivity contribution < 1.29 is 4.74 Å². The van der Waals surface area contributed by atoms with Gasteiger partial charge in [-0.15, -0.1) is 0 Å². The first-order chi connectivity index (χ1) is 8.48. The van der Waals surface area contributed by atoms with Gasteiger partial charge in [0, 0.05) is 17.6 Å². The summed E-state index contributed by atoms with van der Waals surface area (Å²) in [5.41, 5.74) is 1.19. The van der Waals surface area contributed by atoms with Gasteiger partial charge in [0.25, 0.3) is 0 Å². The molecule has 0 spiro atoms. The first kappa shape index (κ1) is 14.0. The van der Waals surface area contributed by atoms with Crippen molar-refractivity contribution in [3.8, 4) is 0 Å². The molecule has 1 saturated heterocycles. The van der Waals surface area contributed by atoms with Crippen LogP contribution in [-0.2, 0) is 4.74 Å². The van der Waals surface area contributed by atoms with Crippen molar-refractivity contribution >= 4 is 15.9 Å². The van der Waals surface area contributed by atoms with Gasteiger partial charge in [0.15, 0.2) is 0 Å². The zero-order valence-electron chi connectivity index (χ0n) is 11.4. The minimum absolute atomic E-state index is 0.0561. The summed E-state index contributed by atoms with van der Waals surface area (Å²) in [5, 5.41) is 3.51. The van der Waals surface area contributed by atoms with E-state index in [-0.39, 0.29) is 11.7 Å². The molecule has 0 radical (unpaired) electrons. The summed E-state index contributed by atoms with van der Waals surface area (Å²) in [6.45, 7) is 8.54. The van der Waals surface area contributed by atoms with Crippen LogP contribution >= 0.6 is 15.9 Å². The summed E-state index contributed by atoms with van der Waals surface area (Å²) in [5.74, 6) is 0.651. The van der Waals surface area contributed by atoms with Crippen molar-refractivity contribution in [2.45, 2.75) is 38.9 Å². The Morgan fingerprint density at radius 1 is 1.50 bits per heavy atom. The standard InChI is InChI=1S/C15H22BrNO/c1-11(2)8-15(3)10-17-9-14(18-15)12-5-4-6-13(16)7-12/h4-7,11,14,17H,8-10H2,1-3H3. The summed E-state index contributed by atoms with van der Waals surface area (Å²) >= 11 is 3.52. The lowest BCUT2D eigenvalue weighted by atomic mass is 9.91. The number of morpholine rings is 1. The SMILES string of the molecule is CC(C)CC1(C)CNCC(c2cccc(Br)c2)O1. The van der Waals surface area contributed by atoms with E-state index in [2.05, 4.69) is 60.2 Å². The lowest BCUT2D eigenvalue weighted by Crippen LogP contribution is -2.49. The molecule has 1 aliphatic heterocycles. The van der Waals surface area contributed by atoms with Crippen LogP contribution in [0.1, 0.15) is 38.9 Å². The van der Waals surface area contributed by atoms with E-state index in [4.69, 9.17) is 4.74 Å². The average molecular weight is 312 g/mol. The van der Waals surface area contributed by atoms with Gasteiger partial charge < -0.3 is 10.1 Å². The second kappa shape index (κ2) is 5.72. The van der Waals surface area contributed by atoms with Crippen LogP contribution in [0.4, 0.5) is 0 Å². The fourth-order valence-electron chi connectivity index (χ4n) is 2.77. The number of hydrogen-bond acceptors (Lipinski definition) is 2. The molecule has 1 fully saturated rings. The number of rotatable bonds is 3. The molecule has 2 unspecified atom stereocenters. The number of benzene rings is 1. The average Bonchev–Trinajstić information content (AvgIpc) is 2.27. The number of halogens is 1. The maximum Gasteiger partial charge on any atom is 0.0957 e. The molecule has 1 aliphatic rings. The lowest BCUT2D eigenvalue weighted by molar-refractivity contribution is -0.117. The molecule has 1 N–H and O–H groups in total. The third-order valence-electron chi connectivity index (χ3n) is 3.32. The predicted molar refractivity (Wildman–Crippen MR) is 78.7 cm³/mol. The summed E-state index contributed by atoms with van der Waals surface area (Å²) in [7, 11) is 0. The van der Waals surface area contributed by atoms with Gasteiger partial charge >= 0.3 is 0 Å². The Morgan fingerprint density at radius 2 is 2.28 bits per heavy atom. The molecule has 3 heteroatoms. The molecule has 2 atom stereocenters. The van der Waals surface area contributed by atoms with Gasteiger partial charge in [0.2, 0.25) is 0 Å². The monoisotopic (exact) mass is 311 g/mol. The molecular formula is C15H22BrNO. The summed E-state index contributed by atoms with van der Waals surface area (Å²) in [6.07, 6.45) is 1.24. The highest BCUT2D eigenvalue weighted by atomic mass is 79.9. The van der Waals surface area contributed by atoms with Gasteiger partial charge in [-0.3, -0.25) is 0 Å². The van der Waals surface area contributed by atoms with Crippen LogP contribution in [0, 0.1) is 5.92 Å². The molecule has 18 heavy (non-hydrogen) atoms. The Hall–Kier alpha value is -0.380. The zero-order chi connectivity index (χ0) is 13.2. The summed E-state index contributed by atoms with van der Waals surface area (Å²) < 4.78 is 7.45. The van der Waals surface area contributed by atoms with Crippen LogP contribution in [0.3, 0.4) is 0 Å². The molecule has 0 amide bonds. The summed E-state index contributed by atoms with van der Waals surface area (Å²) in [4.78, 5) is 0. The van der Waals surface area contributed by atoms with Crippen LogP contribution in [0.25, 0.3) is 0 Å². The normalized spacial score (nSPS) is 28.6. The fourth-order valence-corrected chi connectivity index (χ4v) is 3.19. The van der Waals surface area contributed by atoms with Crippen LogP contribution in [0.15, 0.2) is 28.7 Å². The Kier molecular flexibility index (Phi) is 4.46. The topological polar surface area (TPSA) is 21.3 Å². The van der Waals surface area contributed by atoms with Gasteiger partial charge in [-0.2, -0.15) is 0 Å². The molecule has 2 rings (SSSR count). The van der Waals surface area contributed by atoms with Crippen molar-refractivity contribution in [2.24, 2.45) is 5.92 Å². The van der Waals surface area contributed by atoms with Gasteiger partial charge in [0.1, 0.15) is 0 Å². The molecule has 100 valence electrons. The second-order valence-corrected chi connectivity index (χ2v) is 6.76. The first-order valence-corrected chi connectivity index (χ1v) is 7.42. The van der Waals surface area contributed by atoms with Crippen molar-refractivity contribution in [2.75, 3.05) is 13.1 Å². The number of ether oxygens (including phenoxy) is 1. The lowest BCUT2D eigenvalue weighted by Gasteiger charge is -2.40. The predicted octanol–water partition coefficient (Wildman–Crippen LogP) is 3.91. The van der Waals surface area contributed by atoms with E-state index < -0.39 is 0 Å². The first-order valence-electron chi connectivity index (χ1n) is 6.62. The minimum atomic E-state index is -0.0561. The van der Waals surface area contributed by atoms with E-state index in [0.717, 1.165) is 24.0 Å². The van der Waals surface area contributed by atoms with Crippen LogP contribution in [-0.4, -0.2) is 18.7 Å². The number of hydrogen-bond donors (Lipinski definition) is 1. The third-order valence-corrected chi connectivity index (χ3v) is 3.81. The van der Waals surface area contributed by atoms with Crippen molar-refractivity contribution in [1.82, 2.24) is 5.32 Å². The maximum absolute atomic E-state index is 6.34. The van der Waals surface area contributed by atoms with E-state index in [1.165, 1.54) is 5.56 Å². The molecule has 0 bridgehead atoms. The van der Waals surface area contributed by atoms with E-state index in [9.17, 15) is 0 Å². The van der Waals surface area contributed by atoms with Gasteiger partial charge in [-0.1, -0.05) is 41.9 Å². The highest BCUT2D eigenvalue weighted by molar-refractivity contribution is 9.10. The van der Waals surface area contributed by atoms with Crippen molar-refractivity contribution in [1.29, 1.82) is 0 Å². The fraction of sp³-hybridized carbons (Fsp3) is 0.600. The van der Waals surface area contributed by atoms with E-state index >= 15 is 0 Å². The molecule has 1 aromatic carbocycles. The van der Waals surface area contributed by atoms with Crippen molar-refractivity contribution in [3.63, 3.8) is 0 Å². The van der Waals surface area contributed by atoms with Crippen LogP contribution < -0.4 is 5.32 Å². The van der Waals surface area contributed by atoms with Gasteiger partial charge in [0.05, 0.1) is 11.7 Å². The van der Waals surface area contributed by atoms with Crippen molar-refractivity contribution in [3.05, 3.63) is 34.3 Å². The Bertz CT molecular complexity index is 407. The largest absolute Gasteiger partial charge is 0.365 e. The molecule has 0 aliphatic carbocycles. The van der Waals surface area contributed by atoms with E-state index in [1.807, 2.05) is 6.07 Å². The molecule has 2 nitrogen and oxygen atoms in total. The quantitative estimate of drug-likeness (QED) is 0.913. The van der Waals surface area contributed by atoms with Gasteiger partial charge in [-0.05, 0) is 37.0 Å². The Labute approximate surface area is 118 Å². The van der Waals surface area contributed by atoms with E-state index in [0.29, 0.717) is 5.92 Å². The second-order valence-electron chi connectivity index (χ2n) is 5.84. The van der Waals surface area contributed by atoms with E-state index in [1.54, 1.807) is 0 Å². The maximum atomic E-state index is 6.34.